The van der Waals surface area contributed by atoms with Crippen LogP contribution in [0.2, 0.25) is 0 Å². The monoisotopic (exact) mass is 223 g/mol. The Balaban J connectivity index is 2.34. The molecule has 0 fully saturated rings. The van der Waals surface area contributed by atoms with Crippen LogP contribution in [0.3, 0.4) is 0 Å². The number of benzene rings is 1. The molecule has 2 aromatic heterocycles. The van der Waals surface area contributed by atoms with Gasteiger partial charge in [0, 0.05) is 17.3 Å². The molecule has 3 aromatic rings. The molecule has 3 heteroatoms. The Bertz CT molecular complexity index is 678. The van der Waals surface area contributed by atoms with Gasteiger partial charge in [-0.2, -0.15) is 0 Å². The maximum absolute atomic E-state index is 4.46. The number of rotatable bonds is 1. The number of nitrogens with zero attached hydrogens (tertiary/aromatic N) is 3. The van der Waals surface area contributed by atoms with Gasteiger partial charge >= 0.3 is 0 Å². The van der Waals surface area contributed by atoms with Gasteiger partial charge in [0.05, 0.1) is 23.2 Å². The minimum atomic E-state index is 1.01. The number of fused-ring (bicyclic) bond motifs is 1. The van der Waals surface area contributed by atoms with Crippen molar-refractivity contribution in [1.29, 1.82) is 0 Å². The predicted molar refractivity (Wildman–Crippen MR) is 68.3 cm³/mol. The van der Waals surface area contributed by atoms with Crippen LogP contribution in [0.15, 0.2) is 42.9 Å². The van der Waals surface area contributed by atoms with E-state index in [0.29, 0.717) is 0 Å². The van der Waals surface area contributed by atoms with Gasteiger partial charge in [-0.3, -0.25) is 4.98 Å². The Morgan fingerprint density at radius 2 is 1.82 bits per heavy atom. The average molecular weight is 223 g/mol. The van der Waals surface area contributed by atoms with Gasteiger partial charge in [-0.05, 0) is 26.0 Å². The number of pyridine rings is 1. The van der Waals surface area contributed by atoms with Crippen molar-refractivity contribution < 1.29 is 0 Å². The maximum Gasteiger partial charge on any atom is 0.0998 e. The Kier molecular flexibility index (Phi) is 2.18. The van der Waals surface area contributed by atoms with Crippen molar-refractivity contribution in [2.75, 3.05) is 0 Å². The lowest BCUT2D eigenvalue weighted by Gasteiger charge is -2.08. The van der Waals surface area contributed by atoms with Gasteiger partial charge in [0.1, 0.15) is 0 Å². The molecule has 3 rings (SSSR count). The van der Waals surface area contributed by atoms with Crippen LogP contribution < -0.4 is 0 Å². The zero-order valence-electron chi connectivity index (χ0n) is 9.88. The molecule has 0 amide bonds. The molecule has 0 saturated heterocycles. The summed E-state index contributed by atoms with van der Waals surface area (Å²) in [4.78, 5) is 8.79. The number of aryl methyl sites for hydroxylation is 1. The molecule has 0 N–H and O–H groups in total. The van der Waals surface area contributed by atoms with Crippen LogP contribution in [-0.4, -0.2) is 14.5 Å². The largest absolute Gasteiger partial charge is 0.301 e. The van der Waals surface area contributed by atoms with E-state index in [4.69, 9.17) is 0 Å². The van der Waals surface area contributed by atoms with Gasteiger partial charge in [-0.15, -0.1) is 0 Å². The number of imidazole rings is 1. The Morgan fingerprint density at radius 1 is 1.00 bits per heavy atom. The first-order chi connectivity index (χ1) is 8.27. The molecule has 0 radical (unpaired) electrons. The van der Waals surface area contributed by atoms with Crippen molar-refractivity contribution in [3.8, 4) is 5.69 Å². The third-order valence-electron chi connectivity index (χ3n) is 3.12. The summed E-state index contributed by atoms with van der Waals surface area (Å²) < 4.78 is 2.09. The van der Waals surface area contributed by atoms with E-state index in [9.17, 15) is 0 Å². The highest BCUT2D eigenvalue weighted by Crippen LogP contribution is 2.21. The summed E-state index contributed by atoms with van der Waals surface area (Å²) in [5.41, 5.74) is 4.30. The van der Waals surface area contributed by atoms with E-state index in [0.717, 1.165) is 28.0 Å². The lowest BCUT2D eigenvalue weighted by molar-refractivity contribution is 1.01. The summed E-state index contributed by atoms with van der Waals surface area (Å²) in [5, 5.41) is 1.15. The Morgan fingerprint density at radius 3 is 2.59 bits per heavy atom. The van der Waals surface area contributed by atoms with E-state index in [-0.39, 0.29) is 0 Å². The molecule has 0 unspecified atom stereocenters. The van der Waals surface area contributed by atoms with Crippen LogP contribution in [0.1, 0.15) is 11.4 Å². The van der Waals surface area contributed by atoms with Crippen LogP contribution in [0, 0.1) is 13.8 Å². The second-order valence-electron chi connectivity index (χ2n) is 4.14. The van der Waals surface area contributed by atoms with Gasteiger partial charge in [-0.1, -0.05) is 18.2 Å². The van der Waals surface area contributed by atoms with E-state index in [1.54, 1.807) is 0 Å². The van der Waals surface area contributed by atoms with Crippen molar-refractivity contribution in [2.24, 2.45) is 0 Å². The normalized spacial score (nSPS) is 10.9. The molecule has 0 aliphatic heterocycles. The van der Waals surface area contributed by atoms with Gasteiger partial charge in [0.15, 0.2) is 0 Å². The highest BCUT2D eigenvalue weighted by molar-refractivity contribution is 5.86. The maximum atomic E-state index is 4.46. The van der Waals surface area contributed by atoms with Crippen LogP contribution in [0.25, 0.3) is 16.6 Å². The fourth-order valence-electron chi connectivity index (χ4n) is 2.02. The summed E-state index contributed by atoms with van der Waals surface area (Å²) in [5.74, 6) is 0. The predicted octanol–water partition coefficient (Wildman–Crippen LogP) is 3.04. The summed E-state index contributed by atoms with van der Waals surface area (Å²) in [7, 11) is 0. The minimum Gasteiger partial charge on any atom is -0.301 e. The van der Waals surface area contributed by atoms with Crippen molar-refractivity contribution in [3.05, 3.63) is 54.2 Å². The zero-order chi connectivity index (χ0) is 11.8. The smallest absolute Gasteiger partial charge is 0.0998 e. The summed E-state index contributed by atoms with van der Waals surface area (Å²) in [6.07, 6.45) is 3.68. The van der Waals surface area contributed by atoms with E-state index in [1.165, 1.54) is 0 Å². The van der Waals surface area contributed by atoms with Gasteiger partial charge in [0.25, 0.3) is 0 Å². The first-order valence-corrected chi connectivity index (χ1v) is 5.62. The van der Waals surface area contributed by atoms with Crippen LogP contribution in [0.4, 0.5) is 0 Å². The molecule has 0 aliphatic rings. The number of para-hydroxylation sites is 1. The second-order valence-corrected chi connectivity index (χ2v) is 4.14. The molecular formula is C14H13N3. The van der Waals surface area contributed by atoms with Gasteiger partial charge in [0.2, 0.25) is 0 Å². The average Bonchev–Trinajstić information content (AvgIpc) is 2.69. The first kappa shape index (κ1) is 10.0. The van der Waals surface area contributed by atoms with E-state index in [1.807, 2.05) is 31.6 Å². The Hall–Kier alpha value is -2.16. The third kappa shape index (κ3) is 1.51. The molecule has 0 bridgehead atoms. The molecule has 1 aromatic carbocycles. The first-order valence-electron chi connectivity index (χ1n) is 5.62. The highest BCUT2D eigenvalue weighted by atomic mass is 15.1. The summed E-state index contributed by atoms with van der Waals surface area (Å²) in [6.45, 7) is 4.09. The number of hydrogen-bond acceptors (Lipinski definition) is 2. The highest BCUT2D eigenvalue weighted by Gasteiger charge is 2.07. The van der Waals surface area contributed by atoms with Crippen molar-refractivity contribution in [2.45, 2.75) is 13.8 Å². The quantitative estimate of drug-likeness (QED) is 0.634. The molecular weight excluding hydrogens is 210 g/mol. The molecule has 17 heavy (non-hydrogen) atoms. The number of hydrogen-bond donors (Lipinski definition) is 0. The van der Waals surface area contributed by atoms with Crippen LogP contribution in [0.5, 0.6) is 0 Å². The summed E-state index contributed by atoms with van der Waals surface area (Å²) in [6, 6.07) is 10.2. The van der Waals surface area contributed by atoms with Crippen molar-refractivity contribution in [1.82, 2.24) is 14.5 Å². The fourth-order valence-corrected chi connectivity index (χ4v) is 2.02. The lowest BCUT2D eigenvalue weighted by atomic mass is 10.2. The molecule has 0 spiro atoms. The molecule has 0 saturated carbocycles. The van der Waals surface area contributed by atoms with E-state index < -0.39 is 0 Å². The lowest BCUT2D eigenvalue weighted by Crippen LogP contribution is -1.97. The molecule has 84 valence electrons. The van der Waals surface area contributed by atoms with E-state index >= 15 is 0 Å². The topological polar surface area (TPSA) is 30.7 Å². The third-order valence-corrected chi connectivity index (χ3v) is 3.12. The second kappa shape index (κ2) is 3.70. The molecule has 3 nitrogen and oxygen atoms in total. The van der Waals surface area contributed by atoms with Gasteiger partial charge < -0.3 is 4.57 Å². The standard InChI is InChI=1S/C14H13N3/c1-10-11(2)17(9-16-10)13-7-3-5-12-6-4-8-15-14(12)13/h3-9H,1-2H3. The Labute approximate surface area is 99.8 Å². The van der Waals surface area contributed by atoms with E-state index in [2.05, 4.69) is 39.7 Å². The molecule has 0 atom stereocenters. The zero-order valence-corrected chi connectivity index (χ0v) is 9.88. The fraction of sp³-hybridized carbons (Fsp3) is 0.143. The van der Waals surface area contributed by atoms with Crippen LogP contribution in [-0.2, 0) is 0 Å². The number of aromatic nitrogens is 3. The minimum absolute atomic E-state index is 1.01. The van der Waals surface area contributed by atoms with Crippen LogP contribution >= 0.6 is 0 Å². The SMILES string of the molecule is Cc1ncn(-c2cccc3cccnc23)c1C. The van der Waals surface area contributed by atoms with Crippen molar-refractivity contribution >= 4 is 10.9 Å². The molecule has 0 aliphatic carbocycles. The molecule has 2 heterocycles. The summed E-state index contributed by atoms with van der Waals surface area (Å²) >= 11 is 0. The van der Waals surface area contributed by atoms with Gasteiger partial charge in [-0.25, -0.2) is 4.98 Å². The van der Waals surface area contributed by atoms with Crippen molar-refractivity contribution in [3.63, 3.8) is 0 Å².